The molecule has 0 aromatic rings. The molecule has 3 nitrogen and oxygen atoms in total. The fourth-order valence-electron chi connectivity index (χ4n) is 3.97. The highest BCUT2D eigenvalue weighted by molar-refractivity contribution is 6.70. The first-order valence-corrected chi connectivity index (χ1v) is 10.9. The first kappa shape index (κ1) is 13.7. The standard InChI is InChI=1S/C15H26O3Si/c1-14-7-6-13(18-19(2,3)4)11-12(14)5-8-15(14)16-9-10-17-15/h11-12H,5-10H2,1-4H3/t12-,14-/m1/s1. The van der Waals surface area contributed by atoms with Gasteiger partial charge in [-0.25, -0.2) is 0 Å². The second kappa shape index (κ2) is 4.33. The van der Waals surface area contributed by atoms with Crippen LogP contribution in [0.2, 0.25) is 19.6 Å². The van der Waals surface area contributed by atoms with E-state index in [4.69, 9.17) is 13.9 Å². The van der Waals surface area contributed by atoms with Gasteiger partial charge in [0.15, 0.2) is 5.79 Å². The van der Waals surface area contributed by atoms with E-state index in [-0.39, 0.29) is 11.2 Å². The number of hydrogen-bond donors (Lipinski definition) is 0. The lowest BCUT2D eigenvalue weighted by Crippen LogP contribution is -2.47. The van der Waals surface area contributed by atoms with Gasteiger partial charge in [0.1, 0.15) is 0 Å². The molecule has 0 unspecified atom stereocenters. The van der Waals surface area contributed by atoms with Crippen LogP contribution >= 0.6 is 0 Å². The van der Waals surface area contributed by atoms with Gasteiger partial charge in [0.05, 0.1) is 19.0 Å². The van der Waals surface area contributed by atoms with Gasteiger partial charge in [-0.2, -0.15) is 0 Å². The number of ether oxygens (including phenoxy) is 2. The topological polar surface area (TPSA) is 27.7 Å². The Bertz CT molecular complexity index is 393. The molecular weight excluding hydrogens is 256 g/mol. The van der Waals surface area contributed by atoms with Gasteiger partial charge < -0.3 is 13.9 Å². The molecule has 1 saturated heterocycles. The van der Waals surface area contributed by atoms with Gasteiger partial charge in [-0.1, -0.05) is 6.92 Å². The van der Waals surface area contributed by atoms with Gasteiger partial charge in [0.25, 0.3) is 0 Å². The van der Waals surface area contributed by atoms with Crippen molar-refractivity contribution < 1.29 is 13.9 Å². The molecule has 1 aliphatic heterocycles. The predicted molar refractivity (Wildman–Crippen MR) is 77.2 cm³/mol. The molecule has 1 spiro atoms. The van der Waals surface area contributed by atoms with Crippen LogP contribution in [0.25, 0.3) is 0 Å². The van der Waals surface area contributed by atoms with E-state index in [0.29, 0.717) is 5.92 Å². The van der Waals surface area contributed by atoms with E-state index in [9.17, 15) is 0 Å². The average Bonchev–Trinajstić information content (AvgIpc) is 2.87. The van der Waals surface area contributed by atoms with Gasteiger partial charge in [-0.3, -0.25) is 0 Å². The Morgan fingerprint density at radius 3 is 2.53 bits per heavy atom. The van der Waals surface area contributed by atoms with Crippen LogP contribution in [0.5, 0.6) is 0 Å². The third-order valence-electron chi connectivity index (χ3n) is 4.94. The summed E-state index contributed by atoms with van der Waals surface area (Å²) in [7, 11) is -1.48. The highest BCUT2D eigenvalue weighted by atomic mass is 28.4. The lowest BCUT2D eigenvalue weighted by molar-refractivity contribution is -0.225. The molecule has 4 heteroatoms. The molecule has 1 saturated carbocycles. The Kier molecular flexibility index (Phi) is 3.11. The Morgan fingerprint density at radius 1 is 1.21 bits per heavy atom. The van der Waals surface area contributed by atoms with Crippen LogP contribution in [0.1, 0.15) is 32.6 Å². The van der Waals surface area contributed by atoms with E-state index < -0.39 is 8.32 Å². The Labute approximate surface area is 117 Å². The monoisotopic (exact) mass is 282 g/mol. The molecule has 19 heavy (non-hydrogen) atoms. The minimum Gasteiger partial charge on any atom is -0.548 e. The quantitative estimate of drug-likeness (QED) is 0.723. The van der Waals surface area contributed by atoms with Gasteiger partial charge in [-0.05, 0) is 44.5 Å². The Balaban J connectivity index is 1.82. The van der Waals surface area contributed by atoms with E-state index in [1.54, 1.807) is 0 Å². The smallest absolute Gasteiger partial charge is 0.241 e. The second-order valence-electron chi connectivity index (χ2n) is 7.36. The molecule has 2 atom stereocenters. The van der Waals surface area contributed by atoms with Crippen LogP contribution in [-0.2, 0) is 13.9 Å². The number of hydrogen-bond acceptors (Lipinski definition) is 3. The van der Waals surface area contributed by atoms with E-state index in [2.05, 4.69) is 32.6 Å². The summed E-state index contributed by atoms with van der Waals surface area (Å²) in [6.07, 6.45) is 6.72. The summed E-state index contributed by atoms with van der Waals surface area (Å²) in [5, 5.41) is 0. The third-order valence-corrected chi connectivity index (χ3v) is 5.82. The van der Waals surface area contributed by atoms with Crippen molar-refractivity contribution in [2.24, 2.45) is 11.3 Å². The first-order chi connectivity index (χ1) is 8.85. The third kappa shape index (κ3) is 2.18. The summed E-state index contributed by atoms with van der Waals surface area (Å²) in [5.41, 5.74) is 0.135. The molecule has 1 heterocycles. The molecule has 2 fully saturated rings. The largest absolute Gasteiger partial charge is 0.548 e. The molecule has 0 N–H and O–H groups in total. The van der Waals surface area contributed by atoms with Crippen LogP contribution in [0.3, 0.4) is 0 Å². The maximum absolute atomic E-state index is 6.20. The van der Waals surface area contributed by atoms with Crippen molar-refractivity contribution in [3.8, 4) is 0 Å². The van der Waals surface area contributed by atoms with Crippen molar-refractivity contribution in [3.63, 3.8) is 0 Å². The van der Waals surface area contributed by atoms with Crippen molar-refractivity contribution in [2.45, 2.75) is 58.0 Å². The number of allylic oxidation sites excluding steroid dienone is 2. The summed E-state index contributed by atoms with van der Waals surface area (Å²) in [5.74, 6) is 1.46. The maximum Gasteiger partial charge on any atom is 0.241 e. The highest BCUT2D eigenvalue weighted by Gasteiger charge is 2.61. The first-order valence-electron chi connectivity index (χ1n) is 7.52. The molecule has 0 aromatic heterocycles. The summed E-state index contributed by atoms with van der Waals surface area (Å²) in [6, 6.07) is 0. The van der Waals surface area contributed by atoms with Crippen LogP contribution in [0.15, 0.2) is 11.8 Å². The lowest BCUT2D eigenvalue weighted by atomic mass is 9.69. The van der Waals surface area contributed by atoms with E-state index in [1.807, 2.05) is 0 Å². The van der Waals surface area contributed by atoms with Crippen LogP contribution < -0.4 is 0 Å². The summed E-state index contributed by atoms with van der Waals surface area (Å²) >= 11 is 0. The van der Waals surface area contributed by atoms with Gasteiger partial charge in [0.2, 0.25) is 8.32 Å². The van der Waals surface area contributed by atoms with E-state index in [1.165, 1.54) is 5.76 Å². The highest BCUT2D eigenvalue weighted by Crippen LogP contribution is 2.59. The zero-order valence-electron chi connectivity index (χ0n) is 12.6. The molecule has 108 valence electrons. The number of fused-ring (bicyclic) bond motifs is 2. The molecule has 0 radical (unpaired) electrons. The Hall–Kier alpha value is -0.323. The maximum atomic E-state index is 6.20. The van der Waals surface area contributed by atoms with Gasteiger partial charge >= 0.3 is 0 Å². The zero-order valence-corrected chi connectivity index (χ0v) is 13.6. The molecular formula is C15H26O3Si. The molecule has 0 bridgehead atoms. The molecule has 0 aromatic carbocycles. The van der Waals surface area contributed by atoms with Crippen LogP contribution in [0, 0.1) is 11.3 Å². The van der Waals surface area contributed by atoms with E-state index in [0.717, 1.165) is 38.9 Å². The fourth-order valence-corrected chi connectivity index (χ4v) is 4.93. The van der Waals surface area contributed by atoms with Crippen molar-refractivity contribution >= 4 is 8.32 Å². The molecule has 2 aliphatic carbocycles. The predicted octanol–water partition coefficient (Wildman–Crippen LogP) is 3.68. The second-order valence-corrected chi connectivity index (χ2v) is 11.8. The molecule has 0 amide bonds. The lowest BCUT2D eigenvalue weighted by Gasteiger charge is -2.44. The summed E-state index contributed by atoms with van der Waals surface area (Å²) in [4.78, 5) is 0. The Morgan fingerprint density at radius 2 is 1.89 bits per heavy atom. The number of rotatable bonds is 2. The average molecular weight is 282 g/mol. The van der Waals surface area contributed by atoms with Crippen molar-refractivity contribution in [1.82, 2.24) is 0 Å². The molecule has 3 rings (SSSR count). The molecule has 3 aliphatic rings. The minimum absolute atomic E-state index is 0.135. The van der Waals surface area contributed by atoms with Crippen molar-refractivity contribution in [3.05, 3.63) is 11.8 Å². The van der Waals surface area contributed by atoms with E-state index >= 15 is 0 Å². The van der Waals surface area contributed by atoms with Crippen LogP contribution in [0.4, 0.5) is 0 Å². The zero-order chi connectivity index (χ0) is 13.7. The summed E-state index contributed by atoms with van der Waals surface area (Å²) in [6.45, 7) is 10.6. The normalized spacial score (nSPS) is 37.3. The van der Waals surface area contributed by atoms with Gasteiger partial charge in [0, 0.05) is 18.3 Å². The van der Waals surface area contributed by atoms with Crippen molar-refractivity contribution in [2.75, 3.05) is 13.2 Å². The van der Waals surface area contributed by atoms with Crippen LogP contribution in [-0.4, -0.2) is 27.3 Å². The fraction of sp³-hybridized carbons (Fsp3) is 0.867. The van der Waals surface area contributed by atoms with Crippen molar-refractivity contribution in [1.29, 1.82) is 0 Å². The minimum atomic E-state index is -1.48. The SMILES string of the molecule is C[C@@]12CCC(O[Si](C)(C)C)=C[C@H]1CCC21OCCO1. The summed E-state index contributed by atoms with van der Waals surface area (Å²) < 4.78 is 18.3. The van der Waals surface area contributed by atoms with Gasteiger partial charge in [-0.15, -0.1) is 0 Å².